The van der Waals surface area contributed by atoms with Gasteiger partial charge >= 0.3 is 0 Å². The molecule has 2 N–H and O–H groups in total. The van der Waals surface area contributed by atoms with Gasteiger partial charge in [-0.25, -0.2) is 4.98 Å². The predicted octanol–water partition coefficient (Wildman–Crippen LogP) is 3.84. The maximum Gasteiger partial charge on any atom is 0.252 e. The molecule has 1 aliphatic carbocycles. The average Bonchev–Trinajstić information content (AvgIpc) is 2.76. The standard InChI is InChI=1S/C24H24N2O3/c1-29-18-11-9-16(10-12-18)15-17-5-4-7-20-22(24(28)25-13-14-27)19-6-2-3-8-21(19)26-23(17)20/h2-3,6,8-12,15,27H,4-5,7,13-14H2,1H3,(H,25,28). The number of carbonyl (C=O) groups is 1. The normalized spacial score (nSPS) is 14.6. The highest BCUT2D eigenvalue weighted by Crippen LogP contribution is 2.36. The number of aromatic nitrogens is 1. The topological polar surface area (TPSA) is 71.5 Å². The zero-order chi connectivity index (χ0) is 20.2. The number of aliphatic hydroxyl groups is 1. The number of amides is 1. The van der Waals surface area contributed by atoms with Crippen LogP contribution in [0.5, 0.6) is 5.75 Å². The number of carbonyl (C=O) groups excluding carboxylic acids is 1. The fourth-order valence-electron chi connectivity index (χ4n) is 3.89. The second-order valence-corrected chi connectivity index (χ2v) is 7.11. The summed E-state index contributed by atoms with van der Waals surface area (Å²) in [5.41, 5.74) is 5.60. The van der Waals surface area contributed by atoms with Crippen molar-refractivity contribution in [2.24, 2.45) is 0 Å². The number of hydrogen-bond donors (Lipinski definition) is 2. The number of pyridine rings is 1. The van der Waals surface area contributed by atoms with Gasteiger partial charge in [0.05, 0.1) is 30.5 Å². The van der Waals surface area contributed by atoms with Gasteiger partial charge in [-0.2, -0.15) is 0 Å². The largest absolute Gasteiger partial charge is 0.497 e. The van der Waals surface area contributed by atoms with E-state index in [0.29, 0.717) is 5.56 Å². The van der Waals surface area contributed by atoms with Crippen LogP contribution < -0.4 is 10.1 Å². The maximum absolute atomic E-state index is 12.9. The van der Waals surface area contributed by atoms with Crippen molar-refractivity contribution in [1.29, 1.82) is 0 Å². The summed E-state index contributed by atoms with van der Waals surface area (Å²) in [6.45, 7) is 0.151. The Balaban J connectivity index is 1.85. The third-order valence-electron chi connectivity index (χ3n) is 5.25. The Kier molecular flexibility index (Phi) is 5.58. The fraction of sp³-hybridized carbons (Fsp3) is 0.250. The van der Waals surface area contributed by atoms with Crippen LogP contribution in [0.4, 0.5) is 0 Å². The summed E-state index contributed by atoms with van der Waals surface area (Å²) in [6.07, 6.45) is 4.85. The molecule has 0 spiro atoms. The lowest BCUT2D eigenvalue weighted by molar-refractivity contribution is 0.0945. The van der Waals surface area contributed by atoms with E-state index in [4.69, 9.17) is 14.8 Å². The van der Waals surface area contributed by atoms with E-state index >= 15 is 0 Å². The number of rotatable bonds is 5. The van der Waals surface area contributed by atoms with E-state index in [9.17, 15) is 4.79 Å². The van der Waals surface area contributed by atoms with Gasteiger partial charge in [-0.1, -0.05) is 30.3 Å². The van der Waals surface area contributed by atoms with Gasteiger partial charge in [-0.15, -0.1) is 0 Å². The molecule has 1 amide bonds. The van der Waals surface area contributed by atoms with E-state index in [1.54, 1.807) is 7.11 Å². The number of methoxy groups -OCH3 is 1. The molecule has 0 fully saturated rings. The lowest BCUT2D eigenvalue weighted by Crippen LogP contribution is -2.28. The number of nitrogens with one attached hydrogen (secondary N) is 1. The Morgan fingerprint density at radius 3 is 2.72 bits per heavy atom. The maximum atomic E-state index is 12.9. The van der Waals surface area contributed by atoms with Gasteiger partial charge in [0.15, 0.2) is 0 Å². The smallest absolute Gasteiger partial charge is 0.252 e. The van der Waals surface area contributed by atoms with Crippen LogP contribution in [0.15, 0.2) is 48.5 Å². The number of nitrogens with zero attached hydrogens (tertiary/aromatic N) is 1. The highest BCUT2D eigenvalue weighted by atomic mass is 16.5. The number of fused-ring (bicyclic) bond motifs is 2. The zero-order valence-corrected chi connectivity index (χ0v) is 16.4. The molecule has 29 heavy (non-hydrogen) atoms. The molecule has 4 rings (SSSR count). The Morgan fingerprint density at radius 1 is 1.17 bits per heavy atom. The summed E-state index contributed by atoms with van der Waals surface area (Å²) < 4.78 is 5.24. The number of para-hydroxylation sites is 1. The molecule has 0 atom stereocenters. The van der Waals surface area contributed by atoms with E-state index in [2.05, 4.69) is 11.4 Å². The highest BCUT2D eigenvalue weighted by molar-refractivity contribution is 6.09. The lowest BCUT2D eigenvalue weighted by atomic mass is 9.85. The van der Waals surface area contributed by atoms with E-state index in [0.717, 1.165) is 58.3 Å². The Bertz CT molecular complexity index is 1070. The second-order valence-electron chi connectivity index (χ2n) is 7.11. The first-order valence-corrected chi connectivity index (χ1v) is 9.87. The van der Waals surface area contributed by atoms with Crippen molar-refractivity contribution in [3.63, 3.8) is 0 Å². The minimum Gasteiger partial charge on any atom is -0.497 e. The molecule has 0 saturated carbocycles. The minimum absolute atomic E-state index is 0.0838. The summed E-state index contributed by atoms with van der Waals surface area (Å²) in [6, 6.07) is 15.7. The minimum atomic E-state index is -0.153. The molecule has 3 aromatic rings. The zero-order valence-electron chi connectivity index (χ0n) is 16.4. The van der Waals surface area contributed by atoms with E-state index < -0.39 is 0 Å². The molecule has 0 saturated heterocycles. The van der Waals surface area contributed by atoms with Crippen LogP contribution in [0.1, 0.15) is 40.0 Å². The molecule has 2 aromatic carbocycles. The quantitative estimate of drug-likeness (QED) is 0.697. The van der Waals surface area contributed by atoms with Crippen LogP contribution in [-0.4, -0.2) is 36.3 Å². The summed E-state index contributed by atoms with van der Waals surface area (Å²) in [5.74, 6) is 0.669. The first-order valence-electron chi connectivity index (χ1n) is 9.87. The molecule has 1 aliphatic rings. The number of benzene rings is 2. The van der Waals surface area contributed by atoms with Crippen LogP contribution >= 0.6 is 0 Å². The van der Waals surface area contributed by atoms with Gasteiger partial charge in [0.1, 0.15) is 5.75 Å². The molecule has 148 valence electrons. The number of hydrogen-bond acceptors (Lipinski definition) is 4. The lowest BCUT2D eigenvalue weighted by Gasteiger charge is -2.23. The summed E-state index contributed by atoms with van der Waals surface area (Å²) >= 11 is 0. The number of ether oxygens (including phenoxy) is 1. The SMILES string of the molecule is COc1ccc(C=C2CCCc3c2nc2ccccc2c3C(=O)NCCO)cc1. The van der Waals surface area contributed by atoms with Crippen molar-refractivity contribution in [1.82, 2.24) is 10.3 Å². The molecule has 1 aromatic heterocycles. The molecule has 0 radical (unpaired) electrons. The van der Waals surface area contributed by atoms with Crippen LogP contribution in [-0.2, 0) is 6.42 Å². The van der Waals surface area contributed by atoms with Crippen molar-refractivity contribution in [2.45, 2.75) is 19.3 Å². The van der Waals surface area contributed by atoms with Crippen LogP contribution in [0.25, 0.3) is 22.6 Å². The first kappa shape index (κ1) is 19.2. The van der Waals surface area contributed by atoms with Gasteiger partial charge < -0.3 is 15.2 Å². The summed E-state index contributed by atoms with van der Waals surface area (Å²) in [7, 11) is 1.66. The first-order chi connectivity index (χ1) is 14.2. The molecule has 0 unspecified atom stereocenters. The van der Waals surface area contributed by atoms with Crippen LogP contribution in [0.2, 0.25) is 0 Å². The van der Waals surface area contributed by atoms with Crippen LogP contribution in [0.3, 0.4) is 0 Å². The summed E-state index contributed by atoms with van der Waals surface area (Å²) in [5, 5.41) is 12.8. The van der Waals surface area contributed by atoms with Crippen molar-refractivity contribution in [3.05, 3.63) is 70.9 Å². The van der Waals surface area contributed by atoms with E-state index in [1.807, 2.05) is 48.5 Å². The Morgan fingerprint density at radius 2 is 1.97 bits per heavy atom. The average molecular weight is 388 g/mol. The Labute approximate surface area is 170 Å². The molecule has 1 heterocycles. The molecule has 5 heteroatoms. The molecular formula is C24H24N2O3. The van der Waals surface area contributed by atoms with Crippen molar-refractivity contribution >= 4 is 28.5 Å². The third-order valence-corrected chi connectivity index (χ3v) is 5.25. The van der Waals surface area contributed by atoms with Gasteiger partial charge in [0.25, 0.3) is 5.91 Å². The molecule has 0 bridgehead atoms. The van der Waals surface area contributed by atoms with Gasteiger partial charge in [0, 0.05) is 11.9 Å². The number of allylic oxidation sites excluding steroid dienone is 1. The van der Waals surface area contributed by atoms with Crippen molar-refractivity contribution in [2.75, 3.05) is 20.3 Å². The van der Waals surface area contributed by atoms with E-state index in [-0.39, 0.29) is 19.1 Å². The Hall–Kier alpha value is -3.18. The van der Waals surface area contributed by atoms with Gasteiger partial charge in [-0.3, -0.25) is 4.79 Å². The number of aliphatic hydroxyl groups excluding tert-OH is 1. The monoisotopic (exact) mass is 388 g/mol. The molecule has 0 aliphatic heterocycles. The highest BCUT2D eigenvalue weighted by Gasteiger charge is 2.24. The van der Waals surface area contributed by atoms with Gasteiger partial charge in [-0.05, 0) is 60.2 Å². The fourth-order valence-corrected chi connectivity index (χ4v) is 3.89. The molecule has 5 nitrogen and oxygen atoms in total. The summed E-state index contributed by atoms with van der Waals surface area (Å²) in [4.78, 5) is 17.9. The van der Waals surface area contributed by atoms with Crippen molar-refractivity contribution in [3.8, 4) is 5.75 Å². The van der Waals surface area contributed by atoms with Gasteiger partial charge in [0.2, 0.25) is 0 Å². The second kappa shape index (κ2) is 8.45. The van der Waals surface area contributed by atoms with Crippen molar-refractivity contribution < 1.29 is 14.6 Å². The predicted molar refractivity (Wildman–Crippen MR) is 115 cm³/mol. The third kappa shape index (κ3) is 3.87. The van der Waals surface area contributed by atoms with E-state index in [1.165, 1.54) is 0 Å². The molecular weight excluding hydrogens is 364 g/mol. The van der Waals surface area contributed by atoms with Crippen LogP contribution in [0, 0.1) is 0 Å².